The van der Waals surface area contributed by atoms with E-state index >= 15 is 0 Å². The molecule has 64 valence electrons. The lowest BCUT2D eigenvalue weighted by Crippen LogP contribution is -1.72. The van der Waals surface area contributed by atoms with Crippen LogP contribution in [0.4, 0.5) is 0 Å². The second-order valence-corrected chi connectivity index (χ2v) is 3.68. The first-order chi connectivity index (χ1) is 5.95. The molecule has 2 aliphatic rings. The van der Waals surface area contributed by atoms with Crippen LogP contribution in [0, 0.1) is 0 Å². The molecule has 0 aromatic rings. The van der Waals surface area contributed by atoms with Crippen molar-refractivity contribution in [1.82, 2.24) is 0 Å². The van der Waals surface area contributed by atoms with E-state index in [9.17, 15) is 0 Å². The van der Waals surface area contributed by atoms with Crippen molar-refractivity contribution in [1.29, 1.82) is 0 Å². The summed E-state index contributed by atoms with van der Waals surface area (Å²) in [4.78, 5) is 0. The zero-order chi connectivity index (χ0) is 8.23. The number of allylic oxidation sites excluding steroid dienone is 6. The first kappa shape index (κ1) is 7.85. The SMILES string of the molecule is C1=C(/C=C\C2=CCCC2)CCC1. The first-order valence-electron chi connectivity index (χ1n) is 5.01. The minimum Gasteiger partial charge on any atom is -0.0813 e. The number of hydrogen-bond acceptors (Lipinski definition) is 0. The van der Waals surface area contributed by atoms with E-state index in [1.165, 1.54) is 38.5 Å². The lowest BCUT2D eigenvalue weighted by molar-refractivity contribution is 0.911. The number of hydrogen-bond donors (Lipinski definition) is 0. The quantitative estimate of drug-likeness (QED) is 0.577. The molecule has 12 heavy (non-hydrogen) atoms. The predicted molar refractivity (Wildman–Crippen MR) is 53.0 cm³/mol. The standard InChI is InChI=1S/C12H16/c1-2-6-11(5-1)9-10-12-7-3-4-8-12/h5,7,9-10H,1-4,6,8H2/b10-9-. The van der Waals surface area contributed by atoms with Gasteiger partial charge >= 0.3 is 0 Å². The van der Waals surface area contributed by atoms with E-state index in [0.717, 1.165) is 0 Å². The van der Waals surface area contributed by atoms with Crippen molar-refractivity contribution >= 4 is 0 Å². The Kier molecular flexibility index (Phi) is 2.45. The summed E-state index contributed by atoms with van der Waals surface area (Å²) in [5.41, 5.74) is 3.09. The Morgan fingerprint density at radius 3 is 1.67 bits per heavy atom. The maximum Gasteiger partial charge on any atom is -0.0279 e. The second-order valence-electron chi connectivity index (χ2n) is 3.68. The monoisotopic (exact) mass is 160 g/mol. The topological polar surface area (TPSA) is 0 Å². The highest BCUT2D eigenvalue weighted by Gasteiger charge is 2.02. The lowest BCUT2D eigenvalue weighted by atomic mass is 10.1. The Morgan fingerprint density at radius 2 is 1.33 bits per heavy atom. The molecule has 0 aromatic carbocycles. The molecule has 0 aromatic heterocycles. The van der Waals surface area contributed by atoms with Crippen LogP contribution in [-0.4, -0.2) is 0 Å². The molecule has 2 aliphatic carbocycles. The zero-order valence-corrected chi connectivity index (χ0v) is 7.55. The average molecular weight is 160 g/mol. The van der Waals surface area contributed by atoms with E-state index in [0.29, 0.717) is 0 Å². The molecule has 0 nitrogen and oxygen atoms in total. The second kappa shape index (κ2) is 3.75. The molecule has 0 fully saturated rings. The Labute approximate surface area is 74.7 Å². The molecule has 0 saturated heterocycles. The molecule has 2 rings (SSSR count). The van der Waals surface area contributed by atoms with Crippen LogP contribution in [-0.2, 0) is 0 Å². The smallest absolute Gasteiger partial charge is 0.0279 e. The third kappa shape index (κ3) is 1.88. The van der Waals surface area contributed by atoms with Gasteiger partial charge in [-0.2, -0.15) is 0 Å². The molecule has 0 atom stereocenters. The highest BCUT2D eigenvalue weighted by molar-refractivity contribution is 5.30. The van der Waals surface area contributed by atoms with Crippen LogP contribution in [0.3, 0.4) is 0 Å². The summed E-state index contributed by atoms with van der Waals surface area (Å²) in [7, 11) is 0. The predicted octanol–water partition coefficient (Wildman–Crippen LogP) is 3.76. The van der Waals surface area contributed by atoms with E-state index in [1.807, 2.05) is 0 Å². The van der Waals surface area contributed by atoms with Gasteiger partial charge in [0.1, 0.15) is 0 Å². The highest BCUT2D eigenvalue weighted by atomic mass is 14.1. The van der Waals surface area contributed by atoms with E-state index in [2.05, 4.69) is 24.3 Å². The van der Waals surface area contributed by atoms with Gasteiger partial charge in [0.05, 0.1) is 0 Å². The van der Waals surface area contributed by atoms with Crippen molar-refractivity contribution < 1.29 is 0 Å². The normalized spacial score (nSPS) is 23.3. The van der Waals surface area contributed by atoms with Gasteiger partial charge in [-0.3, -0.25) is 0 Å². The van der Waals surface area contributed by atoms with Gasteiger partial charge in [0.25, 0.3) is 0 Å². The summed E-state index contributed by atoms with van der Waals surface area (Å²) < 4.78 is 0. The van der Waals surface area contributed by atoms with Crippen molar-refractivity contribution in [3.8, 4) is 0 Å². The van der Waals surface area contributed by atoms with E-state index < -0.39 is 0 Å². The fourth-order valence-electron chi connectivity index (χ4n) is 1.91. The van der Waals surface area contributed by atoms with Crippen molar-refractivity contribution in [3.05, 3.63) is 35.5 Å². The molecule has 0 saturated carbocycles. The molecular weight excluding hydrogens is 144 g/mol. The van der Waals surface area contributed by atoms with Crippen molar-refractivity contribution in [2.45, 2.75) is 38.5 Å². The van der Waals surface area contributed by atoms with Crippen molar-refractivity contribution in [2.24, 2.45) is 0 Å². The molecule has 0 unspecified atom stereocenters. The summed E-state index contributed by atoms with van der Waals surface area (Å²) in [6.07, 6.45) is 17.2. The zero-order valence-electron chi connectivity index (χ0n) is 7.55. The molecule has 0 heterocycles. The number of rotatable bonds is 2. The van der Waals surface area contributed by atoms with Crippen LogP contribution in [0.2, 0.25) is 0 Å². The fourth-order valence-corrected chi connectivity index (χ4v) is 1.91. The largest absolute Gasteiger partial charge is 0.0813 e. The van der Waals surface area contributed by atoms with E-state index in [1.54, 1.807) is 11.1 Å². The Balaban J connectivity index is 1.92. The third-order valence-electron chi connectivity index (χ3n) is 2.66. The van der Waals surface area contributed by atoms with Gasteiger partial charge in [0, 0.05) is 0 Å². The van der Waals surface area contributed by atoms with Gasteiger partial charge in [-0.25, -0.2) is 0 Å². The van der Waals surface area contributed by atoms with Crippen LogP contribution in [0.1, 0.15) is 38.5 Å². The van der Waals surface area contributed by atoms with E-state index in [4.69, 9.17) is 0 Å². The van der Waals surface area contributed by atoms with Crippen LogP contribution in [0.5, 0.6) is 0 Å². The van der Waals surface area contributed by atoms with Crippen LogP contribution >= 0.6 is 0 Å². The molecule has 0 aliphatic heterocycles. The van der Waals surface area contributed by atoms with Crippen molar-refractivity contribution in [2.75, 3.05) is 0 Å². The summed E-state index contributed by atoms with van der Waals surface area (Å²) in [6, 6.07) is 0. The van der Waals surface area contributed by atoms with E-state index in [-0.39, 0.29) is 0 Å². The summed E-state index contributed by atoms with van der Waals surface area (Å²) in [5, 5.41) is 0. The molecule has 0 amide bonds. The lowest BCUT2D eigenvalue weighted by Gasteiger charge is -1.92. The molecule has 0 heteroatoms. The van der Waals surface area contributed by atoms with Gasteiger partial charge in [0.15, 0.2) is 0 Å². The van der Waals surface area contributed by atoms with Gasteiger partial charge in [0.2, 0.25) is 0 Å². The molecule has 0 N–H and O–H groups in total. The minimum atomic E-state index is 1.29. The Hall–Kier alpha value is -0.780. The van der Waals surface area contributed by atoms with Crippen molar-refractivity contribution in [3.63, 3.8) is 0 Å². The van der Waals surface area contributed by atoms with Crippen LogP contribution in [0.25, 0.3) is 0 Å². The van der Waals surface area contributed by atoms with Gasteiger partial charge in [-0.1, -0.05) is 35.5 Å². The van der Waals surface area contributed by atoms with Crippen LogP contribution < -0.4 is 0 Å². The molecular formula is C12H16. The molecule has 0 bridgehead atoms. The Morgan fingerprint density at radius 1 is 0.833 bits per heavy atom. The molecule has 0 radical (unpaired) electrons. The maximum absolute atomic E-state index is 2.37. The first-order valence-corrected chi connectivity index (χ1v) is 5.01. The fraction of sp³-hybridized carbons (Fsp3) is 0.500. The molecule has 0 spiro atoms. The third-order valence-corrected chi connectivity index (χ3v) is 2.66. The summed E-state index contributed by atoms with van der Waals surface area (Å²) >= 11 is 0. The summed E-state index contributed by atoms with van der Waals surface area (Å²) in [5.74, 6) is 0. The van der Waals surface area contributed by atoms with Gasteiger partial charge in [-0.15, -0.1) is 0 Å². The maximum atomic E-state index is 2.37. The minimum absolute atomic E-state index is 1.29. The summed E-state index contributed by atoms with van der Waals surface area (Å²) in [6.45, 7) is 0. The highest BCUT2D eigenvalue weighted by Crippen LogP contribution is 2.22. The Bertz CT molecular complexity index is 215. The average Bonchev–Trinajstić information content (AvgIpc) is 2.74. The van der Waals surface area contributed by atoms with Gasteiger partial charge in [-0.05, 0) is 38.5 Å². The van der Waals surface area contributed by atoms with Gasteiger partial charge < -0.3 is 0 Å². The van der Waals surface area contributed by atoms with Crippen LogP contribution in [0.15, 0.2) is 35.5 Å².